The fraction of sp³-hybridized carbons (Fsp3) is 0.559. The van der Waals surface area contributed by atoms with E-state index < -0.39 is 5.92 Å². The van der Waals surface area contributed by atoms with Crippen molar-refractivity contribution in [3.63, 3.8) is 0 Å². The van der Waals surface area contributed by atoms with Gasteiger partial charge in [-0.25, -0.2) is 4.99 Å². The van der Waals surface area contributed by atoms with Crippen LogP contribution in [0.15, 0.2) is 41.2 Å². The number of rotatable bonds is 10. The molecule has 2 fully saturated rings. The van der Waals surface area contributed by atoms with E-state index in [0.29, 0.717) is 11.3 Å². The summed E-state index contributed by atoms with van der Waals surface area (Å²) in [6.45, 7) is 12.5. The minimum atomic E-state index is -0.466. The predicted molar refractivity (Wildman–Crippen MR) is 176 cm³/mol. The van der Waals surface area contributed by atoms with Crippen LogP contribution in [0.3, 0.4) is 0 Å². The van der Waals surface area contributed by atoms with Gasteiger partial charge in [0.05, 0.1) is 31.9 Å². The van der Waals surface area contributed by atoms with Crippen molar-refractivity contribution < 1.29 is 19.1 Å². The van der Waals surface area contributed by atoms with Crippen molar-refractivity contribution in [3.8, 4) is 11.1 Å². The van der Waals surface area contributed by atoms with Crippen LogP contribution in [-0.4, -0.2) is 96.6 Å². The highest BCUT2D eigenvalue weighted by molar-refractivity contribution is 6.06. The average Bonchev–Trinajstić information content (AvgIpc) is 3.49. The molecule has 1 aliphatic carbocycles. The van der Waals surface area contributed by atoms with Crippen LogP contribution in [0.5, 0.6) is 0 Å². The van der Waals surface area contributed by atoms with Crippen molar-refractivity contribution in [2.45, 2.75) is 72.0 Å². The fourth-order valence-electron chi connectivity index (χ4n) is 6.71. The van der Waals surface area contributed by atoms with Gasteiger partial charge in [-0.15, -0.1) is 0 Å². The van der Waals surface area contributed by atoms with Crippen molar-refractivity contribution in [3.05, 3.63) is 47.3 Å². The molecule has 242 valence electrons. The lowest BCUT2D eigenvalue weighted by atomic mass is 9.89. The highest BCUT2D eigenvalue weighted by Gasteiger charge is 2.28. The second kappa shape index (κ2) is 14.5. The highest BCUT2D eigenvalue weighted by Crippen LogP contribution is 2.34. The Kier molecular flexibility index (Phi) is 10.5. The maximum atomic E-state index is 13.8. The molecule has 11 nitrogen and oxygen atoms in total. The summed E-state index contributed by atoms with van der Waals surface area (Å²) in [7, 11) is 2.10. The molecule has 2 aliphatic heterocycles. The maximum absolute atomic E-state index is 13.8. The Morgan fingerprint density at radius 3 is 2.47 bits per heavy atom. The Labute approximate surface area is 266 Å². The van der Waals surface area contributed by atoms with Gasteiger partial charge in [-0.1, -0.05) is 5.57 Å². The van der Waals surface area contributed by atoms with E-state index in [1.807, 2.05) is 43.1 Å². The quantitative estimate of drug-likeness (QED) is 0.420. The summed E-state index contributed by atoms with van der Waals surface area (Å²) >= 11 is 0. The van der Waals surface area contributed by atoms with Crippen molar-refractivity contribution >= 4 is 29.1 Å². The second-order valence-electron chi connectivity index (χ2n) is 12.7. The van der Waals surface area contributed by atoms with E-state index >= 15 is 0 Å². The molecule has 45 heavy (non-hydrogen) atoms. The van der Waals surface area contributed by atoms with Crippen molar-refractivity contribution in [2.24, 2.45) is 10.9 Å². The smallest absolute Gasteiger partial charge is 0.254 e. The molecule has 3 heterocycles. The molecular formula is C34H47N7O4. The van der Waals surface area contributed by atoms with Crippen LogP contribution in [0, 0.1) is 12.8 Å². The van der Waals surface area contributed by atoms with Crippen LogP contribution in [0.4, 0.5) is 5.69 Å². The molecule has 1 unspecified atom stereocenters. The Balaban J connectivity index is 1.38. The van der Waals surface area contributed by atoms with Gasteiger partial charge in [0.1, 0.15) is 0 Å². The lowest BCUT2D eigenvalue weighted by Gasteiger charge is -2.37. The number of anilines is 1. The lowest BCUT2D eigenvalue weighted by molar-refractivity contribution is -0.121. The van der Waals surface area contributed by atoms with Crippen LogP contribution in [0.2, 0.25) is 0 Å². The molecule has 1 aromatic carbocycles. The first kappa shape index (κ1) is 32.6. The lowest BCUT2D eigenvalue weighted by Crippen LogP contribution is -2.42. The molecular weight excluding hydrogens is 570 g/mol. The Bertz CT molecular complexity index is 1460. The number of hydrogen-bond acceptors (Lipinski definition) is 7. The van der Waals surface area contributed by atoms with E-state index in [1.54, 1.807) is 13.8 Å². The SMILES string of the molecule is CC(=O)NC1CCC(N(C)c2cc(-c3cnn(CCN4CCOCC4)c3)cc(C(=O)NCC3C(=O)N=C(C)C=C3C)c2C)CC1. The molecule has 1 saturated heterocycles. The first-order valence-corrected chi connectivity index (χ1v) is 16.1. The third-order valence-electron chi connectivity index (χ3n) is 9.41. The number of nitrogens with zero attached hydrogens (tertiary/aromatic N) is 5. The van der Waals surface area contributed by atoms with Crippen molar-refractivity contribution in [2.75, 3.05) is 51.3 Å². The van der Waals surface area contributed by atoms with Gasteiger partial charge >= 0.3 is 0 Å². The van der Waals surface area contributed by atoms with E-state index in [2.05, 4.69) is 43.6 Å². The normalized spacial score (nSPS) is 22.4. The standard InChI is InChI=1S/C34H47N7O4/c1-22-16-23(2)37-34(44)31(22)20-35-33(43)30-17-26(27-19-36-41(21-27)11-10-40-12-14-45-15-13-40)18-32(24(30)3)39(5)29-8-6-28(7-9-29)38-25(4)42/h16-19,21,28-29,31H,6-15,20H2,1-5H3,(H,35,43)(H,38,42). The van der Waals surface area contributed by atoms with Gasteiger partial charge in [-0.3, -0.25) is 24.0 Å². The molecule has 1 aromatic heterocycles. The summed E-state index contributed by atoms with van der Waals surface area (Å²) in [4.78, 5) is 46.7. The largest absolute Gasteiger partial charge is 0.379 e. The van der Waals surface area contributed by atoms with E-state index in [1.165, 1.54) is 0 Å². The monoisotopic (exact) mass is 617 g/mol. The van der Waals surface area contributed by atoms with Crippen LogP contribution in [-0.2, 0) is 20.9 Å². The number of ether oxygens (including phenoxy) is 1. The molecule has 0 spiro atoms. The van der Waals surface area contributed by atoms with Crippen LogP contribution in [0.25, 0.3) is 11.1 Å². The van der Waals surface area contributed by atoms with Gasteiger partial charge in [0, 0.05) is 81.0 Å². The summed E-state index contributed by atoms with van der Waals surface area (Å²) in [5.74, 6) is -0.895. The Morgan fingerprint density at radius 1 is 1.04 bits per heavy atom. The molecule has 2 aromatic rings. The van der Waals surface area contributed by atoms with Crippen molar-refractivity contribution in [1.29, 1.82) is 0 Å². The molecule has 2 N–H and O–H groups in total. The summed E-state index contributed by atoms with van der Waals surface area (Å²) in [5, 5.41) is 10.7. The van der Waals surface area contributed by atoms with Gasteiger partial charge < -0.3 is 20.3 Å². The minimum absolute atomic E-state index is 0.0130. The number of aliphatic imine (C=N–C) groups is 1. The highest BCUT2D eigenvalue weighted by atomic mass is 16.5. The predicted octanol–water partition coefficient (Wildman–Crippen LogP) is 3.37. The number of carbonyl (C=O) groups is 3. The number of morpholine rings is 1. The number of carbonyl (C=O) groups excluding carboxylic acids is 3. The van der Waals surface area contributed by atoms with E-state index in [0.717, 1.165) is 93.0 Å². The third-order valence-corrected chi connectivity index (χ3v) is 9.41. The first-order chi connectivity index (χ1) is 21.6. The van der Waals surface area contributed by atoms with Gasteiger partial charge in [-0.2, -0.15) is 5.10 Å². The zero-order chi connectivity index (χ0) is 32.1. The van der Waals surface area contributed by atoms with E-state index in [-0.39, 0.29) is 36.3 Å². The maximum Gasteiger partial charge on any atom is 0.254 e. The van der Waals surface area contributed by atoms with Crippen LogP contribution < -0.4 is 15.5 Å². The molecule has 1 atom stereocenters. The molecule has 3 aliphatic rings. The fourth-order valence-corrected chi connectivity index (χ4v) is 6.71. The average molecular weight is 618 g/mol. The van der Waals surface area contributed by atoms with Crippen LogP contribution in [0.1, 0.15) is 62.4 Å². The number of allylic oxidation sites excluding steroid dienone is 1. The number of amides is 3. The van der Waals surface area contributed by atoms with E-state index in [9.17, 15) is 14.4 Å². The Hall–Kier alpha value is -3.83. The van der Waals surface area contributed by atoms with Crippen molar-refractivity contribution in [1.82, 2.24) is 25.3 Å². The minimum Gasteiger partial charge on any atom is -0.379 e. The molecule has 5 rings (SSSR count). The first-order valence-electron chi connectivity index (χ1n) is 16.1. The van der Waals surface area contributed by atoms with Crippen LogP contribution >= 0.6 is 0 Å². The van der Waals surface area contributed by atoms with Gasteiger partial charge in [0.2, 0.25) is 5.91 Å². The number of aromatic nitrogens is 2. The zero-order valence-electron chi connectivity index (χ0n) is 27.3. The molecule has 0 bridgehead atoms. The van der Waals surface area contributed by atoms with E-state index in [4.69, 9.17) is 4.74 Å². The summed E-state index contributed by atoms with van der Waals surface area (Å²) < 4.78 is 7.43. The number of nitrogens with one attached hydrogen (secondary N) is 2. The second-order valence-corrected chi connectivity index (χ2v) is 12.7. The van der Waals surface area contributed by atoms with Gasteiger partial charge in [0.15, 0.2) is 0 Å². The zero-order valence-corrected chi connectivity index (χ0v) is 27.3. The molecule has 0 radical (unpaired) electrons. The van der Waals surface area contributed by atoms with Gasteiger partial charge in [0.25, 0.3) is 11.8 Å². The number of hydrogen-bond donors (Lipinski definition) is 2. The summed E-state index contributed by atoms with van der Waals surface area (Å²) in [6, 6.07) is 4.58. The topological polar surface area (TPSA) is 121 Å². The third kappa shape index (κ3) is 8.07. The Morgan fingerprint density at radius 2 is 1.78 bits per heavy atom. The van der Waals surface area contributed by atoms with Gasteiger partial charge in [-0.05, 0) is 75.8 Å². The number of benzene rings is 1. The molecule has 3 amide bonds. The summed E-state index contributed by atoms with van der Waals surface area (Å²) in [6.07, 6.45) is 9.53. The molecule has 1 saturated carbocycles. The number of dihydropyridines is 1. The molecule has 11 heteroatoms. The summed E-state index contributed by atoms with van der Waals surface area (Å²) in [5.41, 5.74) is 5.91.